The predicted octanol–water partition coefficient (Wildman–Crippen LogP) is 3.65. The largest absolute Gasteiger partial charge is 0.348 e. The summed E-state index contributed by atoms with van der Waals surface area (Å²) in [6, 6.07) is 16.0. The van der Waals surface area contributed by atoms with Gasteiger partial charge in [-0.1, -0.05) is 24.3 Å². The Morgan fingerprint density at radius 1 is 1.04 bits per heavy atom. The number of pyridine rings is 1. The van der Waals surface area contributed by atoms with Crippen molar-refractivity contribution in [2.24, 2.45) is 0 Å². The molecule has 3 aromatic rings. The summed E-state index contributed by atoms with van der Waals surface area (Å²) in [5.74, 6) is -0.0451. The standard InChI is InChI=1S/C20H18N2O/c23-20(18-8-9-19-17(12-18)5-2-10-21-19)22-13-14-6-7-15-3-1-4-16(15)11-14/h2,5-12H,1,3-4,13H2,(H,22,23). The molecule has 1 heterocycles. The lowest BCUT2D eigenvalue weighted by Gasteiger charge is -2.08. The van der Waals surface area contributed by atoms with Gasteiger partial charge in [0.15, 0.2) is 0 Å². The molecule has 0 saturated heterocycles. The van der Waals surface area contributed by atoms with Crippen molar-refractivity contribution in [3.8, 4) is 0 Å². The molecular formula is C20H18N2O. The summed E-state index contributed by atoms with van der Waals surface area (Å²) in [6.07, 6.45) is 5.36. The Morgan fingerprint density at radius 3 is 2.91 bits per heavy atom. The lowest BCUT2D eigenvalue weighted by Crippen LogP contribution is -2.22. The Balaban J connectivity index is 1.48. The molecule has 2 aromatic carbocycles. The Bertz CT molecular complexity index is 886. The highest BCUT2D eigenvalue weighted by Gasteiger charge is 2.11. The summed E-state index contributed by atoms with van der Waals surface area (Å²) in [5, 5.41) is 4.00. The van der Waals surface area contributed by atoms with Crippen molar-refractivity contribution in [1.82, 2.24) is 10.3 Å². The van der Waals surface area contributed by atoms with Crippen molar-refractivity contribution >= 4 is 16.8 Å². The van der Waals surface area contributed by atoms with Crippen LogP contribution in [-0.4, -0.2) is 10.9 Å². The number of nitrogens with one attached hydrogen (secondary N) is 1. The van der Waals surface area contributed by atoms with E-state index in [2.05, 4.69) is 28.5 Å². The van der Waals surface area contributed by atoms with Crippen molar-refractivity contribution in [1.29, 1.82) is 0 Å². The number of nitrogens with zero attached hydrogens (tertiary/aromatic N) is 1. The molecule has 1 aliphatic carbocycles. The van der Waals surface area contributed by atoms with Gasteiger partial charge < -0.3 is 5.32 Å². The number of carbonyl (C=O) groups is 1. The minimum Gasteiger partial charge on any atom is -0.348 e. The molecule has 3 heteroatoms. The van der Waals surface area contributed by atoms with Crippen molar-refractivity contribution in [2.75, 3.05) is 0 Å². The van der Waals surface area contributed by atoms with Gasteiger partial charge in [-0.25, -0.2) is 0 Å². The van der Waals surface area contributed by atoms with Gasteiger partial charge in [-0.05, 0) is 60.2 Å². The van der Waals surface area contributed by atoms with Gasteiger partial charge in [-0.2, -0.15) is 0 Å². The van der Waals surface area contributed by atoms with Gasteiger partial charge in [0.05, 0.1) is 5.52 Å². The first-order valence-electron chi connectivity index (χ1n) is 8.03. The van der Waals surface area contributed by atoms with Gasteiger partial charge in [0.2, 0.25) is 0 Å². The highest BCUT2D eigenvalue weighted by molar-refractivity contribution is 5.97. The Kier molecular flexibility index (Phi) is 3.54. The zero-order valence-corrected chi connectivity index (χ0v) is 12.9. The maximum Gasteiger partial charge on any atom is 0.251 e. The highest BCUT2D eigenvalue weighted by Crippen LogP contribution is 2.22. The number of carbonyl (C=O) groups excluding carboxylic acids is 1. The maximum atomic E-state index is 12.4. The van der Waals surface area contributed by atoms with E-state index in [0.29, 0.717) is 12.1 Å². The van der Waals surface area contributed by atoms with Crippen molar-refractivity contribution in [3.05, 3.63) is 77.0 Å². The summed E-state index contributed by atoms with van der Waals surface area (Å²) >= 11 is 0. The molecule has 0 saturated carbocycles. The van der Waals surface area contributed by atoms with Crippen LogP contribution in [-0.2, 0) is 19.4 Å². The van der Waals surface area contributed by atoms with Crippen molar-refractivity contribution in [3.63, 3.8) is 0 Å². The van der Waals surface area contributed by atoms with Gasteiger partial charge >= 0.3 is 0 Å². The average Bonchev–Trinajstić information content (AvgIpc) is 3.07. The maximum absolute atomic E-state index is 12.4. The van der Waals surface area contributed by atoms with E-state index in [-0.39, 0.29) is 5.91 Å². The molecule has 23 heavy (non-hydrogen) atoms. The van der Waals surface area contributed by atoms with Gasteiger partial charge in [0.1, 0.15) is 0 Å². The Hall–Kier alpha value is -2.68. The van der Waals surface area contributed by atoms with Crippen LogP contribution < -0.4 is 5.32 Å². The van der Waals surface area contributed by atoms with Crippen LogP contribution in [0.15, 0.2) is 54.7 Å². The molecule has 0 unspecified atom stereocenters. The molecule has 0 spiro atoms. The number of aryl methyl sites for hydroxylation is 2. The molecule has 0 bridgehead atoms. The first-order valence-corrected chi connectivity index (χ1v) is 8.03. The van der Waals surface area contributed by atoms with E-state index in [1.165, 1.54) is 29.5 Å². The summed E-state index contributed by atoms with van der Waals surface area (Å²) < 4.78 is 0. The molecule has 3 nitrogen and oxygen atoms in total. The van der Waals surface area contributed by atoms with E-state index in [1.54, 1.807) is 6.20 Å². The van der Waals surface area contributed by atoms with Gasteiger partial charge in [0.25, 0.3) is 5.91 Å². The van der Waals surface area contributed by atoms with Crippen LogP contribution in [0.4, 0.5) is 0 Å². The van der Waals surface area contributed by atoms with Gasteiger partial charge in [0, 0.05) is 23.7 Å². The molecule has 0 atom stereocenters. The number of benzene rings is 2. The topological polar surface area (TPSA) is 42.0 Å². The Morgan fingerprint density at radius 2 is 1.96 bits per heavy atom. The second-order valence-corrected chi connectivity index (χ2v) is 6.05. The van der Waals surface area contributed by atoms with E-state index >= 15 is 0 Å². The number of hydrogen-bond donors (Lipinski definition) is 1. The fourth-order valence-corrected chi connectivity index (χ4v) is 3.24. The van der Waals surface area contributed by atoms with E-state index < -0.39 is 0 Å². The van der Waals surface area contributed by atoms with E-state index in [4.69, 9.17) is 0 Å². The lowest BCUT2D eigenvalue weighted by molar-refractivity contribution is 0.0951. The smallest absolute Gasteiger partial charge is 0.251 e. The molecule has 1 N–H and O–H groups in total. The number of hydrogen-bond acceptors (Lipinski definition) is 2. The normalized spacial score (nSPS) is 13.0. The lowest BCUT2D eigenvalue weighted by atomic mass is 10.1. The molecular weight excluding hydrogens is 284 g/mol. The van der Waals surface area contributed by atoms with Crippen LogP contribution in [0.2, 0.25) is 0 Å². The minimum absolute atomic E-state index is 0.0451. The quantitative estimate of drug-likeness (QED) is 0.802. The number of rotatable bonds is 3. The van der Waals surface area contributed by atoms with Crippen molar-refractivity contribution in [2.45, 2.75) is 25.8 Å². The SMILES string of the molecule is O=C(NCc1ccc2c(c1)CCC2)c1ccc2ncccc2c1. The summed E-state index contributed by atoms with van der Waals surface area (Å²) in [4.78, 5) is 16.6. The highest BCUT2D eigenvalue weighted by atomic mass is 16.1. The monoisotopic (exact) mass is 302 g/mol. The minimum atomic E-state index is -0.0451. The van der Waals surface area contributed by atoms with Crippen molar-refractivity contribution < 1.29 is 4.79 Å². The van der Waals surface area contributed by atoms with Gasteiger partial charge in [-0.3, -0.25) is 9.78 Å². The molecule has 1 aliphatic rings. The van der Waals surface area contributed by atoms with Gasteiger partial charge in [-0.15, -0.1) is 0 Å². The van der Waals surface area contributed by atoms with Crippen LogP contribution >= 0.6 is 0 Å². The third kappa shape index (κ3) is 2.82. The molecule has 114 valence electrons. The molecule has 0 radical (unpaired) electrons. The van der Waals surface area contributed by atoms with E-state index in [9.17, 15) is 4.79 Å². The first kappa shape index (κ1) is 13.9. The van der Waals surface area contributed by atoms with Crippen LogP contribution in [0.5, 0.6) is 0 Å². The first-order chi connectivity index (χ1) is 11.3. The summed E-state index contributed by atoms with van der Waals surface area (Å²) in [6.45, 7) is 0.567. The number of fused-ring (bicyclic) bond motifs is 2. The van der Waals surface area contributed by atoms with E-state index in [1.807, 2.05) is 30.3 Å². The second-order valence-electron chi connectivity index (χ2n) is 6.05. The fraction of sp³-hybridized carbons (Fsp3) is 0.200. The molecule has 4 rings (SSSR count). The number of aromatic nitrogens is 1. The molecule has 0 aliphatic heterocycles. The van der Waals surface area contributed by atoms with E-state index in [0.717, 1.165) is 17.3 Å². The fourth-order valence-electron chi connectivity index (χ4n) is 3.24. The zero-order chi connectivity index (χ0) is 15.6. The van der Waals surface area contributed by atoms with Crippen LogP contribution in [0, 0.1) is 0 Å². The molecule has 1 amide bonds. The third-order valence-corrected chi connectivity index (χ3v) is 4.48. The summed E-state index contributed by atoms with van der Waals surface area (Å²) in [5.41, 5.74) is 5.64. The zero-order valence-electron chi connectivity index (χ0n) is 12.9. The predicted molar refractivity (Wildman–Crippen MR) is 91.4 cm³/mol. The Labute approximate surface area is 135 Å². The second kappa shape index (κ2) is 5.84. The van der Waals surface area contributed by atoms with Crippen LogP contribution in [0.3, 0.4) is 0 Å². The van der Waals surface area contributed by atoms with Crippen LogP contribution in [0.1, 0.15) is 33.5 Å². The van der Waals surface area contributed by atoms with Crippen LogP contribution in [0.25, 0.3) is 10.9 Å². The number of amides is 1. The third-order valence-electron chi connectivity index (χ3n) is 4.48. The summed E-state index contributed by atoms with van der Waals surface area (Å²) in [7, 11) is 0. The molecule has 1 aromatic heterocycles. The average molecular weight is 302 g/mol. The molecule has 0 fully saturated rings.